The molecule has 8 rings (SSSR count). The smallest absolute Gasteiger partial charge is 0.226 e. The van der Waals surface area contributed by atoms with Crippen LogP contribution in [0.4, 0.5) is 0 Å². The van der Waals surface area contributed by atoms with Crippen molar-refractivity contribution in [2.24, 2.45) is 0 Å². The van der Waals surface area contributed by atoms with Crippen LogP contribution in [0.5, 0.6) is 0 Å². The summed E-state index contributed by atoms with van der Waals surface area (Å²) in [5, 5.41) is 4.35. The van der Waals surface area contributed by atoms with Gasteiger partial charge in [0.2, 0.25) is 5.28 Å². The number of hydrogen-bond donors (Lipinski definition) is 0. The molecule has 0 spiro atoms. The molecule has 5 heteroatoms. The summed E-state index contributed by atoms with van der Waals surface area (Å²) in [5.41, 5.74) is 8.09. The Labute approximate surface area is 246 Å². The zero-order valence-corrected chi connectivity index (χ0v) is 23.1. The van der Waals surface area contributed by atoms with Crippen LogP contribution in [0, 0.1) is 0 Å². The monoisotopic (exact) mass is 559 g/mol. The third-order valence-electron chi connectivity index (χ3n) is 7.68. The molecule has 2 heterocycles. The molecule has 0 amide bonds. The van der Waals surface area contributed by atoms with E-state index in [2.05, 4.69) is 88.8 Å². The van der Waals surface area contributed by atoms with Gasteiger partial charge in [-0.2, -0.15) is 9.97 Å². The van der Waals surface area contributed by atoms with Crippen molar-refractivity contribution in [2.75, 3.05) is 0 Å². The third kappa shape index (κ3) is 4.30. The van der Waals surface area contributed by atoms with E-state index < -0.39 is 0 Å². The predicted molar refractivity (Wildman–Crippen MR) is 171 cm³/mol. The van der Waals surface area contributed by atoms with Crippen LogP contribution in [0.1, 0.15) is 0 Å². The van der Waals surface area contributed by atoms with Gasteiger partial charge in [-0.25, -0.2) is 4.98 Å². The molecule has 4 nitrogen and oxygen atoms in total. The second-order valence-electron chi connectivity index (χ2n) is 10.2. The van der Waals surface area contributed by atoms with Crippen LogP contribution in [0.3, 0.4) is 0 Å². The van der Waals surface area contributed by atoms with Crippen molar-refractivity contribution in [1.82, 2.24) is 15.0 Å². The number of fused-ring (bicyclic) bond motifs is 4. The minimum absolute atomic E-state index is 0.147. The van der Waals surface area contributed by atoms with Gasteiger partial charge < -0.3 is 4.42 Å². The molecule has 6 aromatic carbocycles. The van der Waals surface area contributed by atoms with E-state index in [4.69, 9.17) is 21.0 Å². The van der Waals surface area contributed by atoms with E-state index in [0.29, 0.717) is 11.6 Å². The molecule has 0 fully saturated rings. The number of aromatic nitrogens is 3. The minimum atomic E-state index is 0.147. The maximum atomic E-state index is 6.46. The molecule has 2 aromatic heterocycles. The lowest BCUT2D eigenvalue weighted by Gasteiger charge is -2.09. The fourth-order valence-corrected chi connectivity index (χ4v) is 5.77. The molecular weight excluding hydrogens is 538 g/mol. The summed E-state index contributed by atoms with van der Waals surface area (Å²) in [6.45, 7) is 0. The Hall–Kier alpha value is -5.32. The molecule has 198 valence electrons. The molecule has 0 bridgehead atoms. The minimum Gasteiger partial charge on any atom is -0.456 e. The number of para-hydroxylation sites is 1. The molecule has 0 N–H and O–H groups in total. The maximum Gasteiger partial charge on any atom is 0.226 e. The van der Waals surface area contributed by atoms with E-state index in [1.165, 1.54) is 22.3 Å². The summed E-state index contributed by atoms with van der Waals surface area (Å²) in [6, 6.07) is 45.7. The van der Waals surface area contributed by atoms with Gasteiger partial charge in [0.25, 0.3) is 0 Å². The van der Waals surface area contributed by atoms with Crippen molar-refractivity contribution >= 4 is 44.3 Å². The van der Waals surface area contributed by atoms with E-state index >= 15 is 0 Å². The molecule has 0 saturated carbocycles. The highest BCUT2D eigenvalue weighted by molar-refractivity contribution is 6.28. The molecule has 42 heavy (non-hydrogen) atoms. The zero-order chi connectivity index (χ0) is 28.0. The fraction of sp³-hybridized carbons (Fsp3) is 0. The van der Waals surface area contributed by atoms with Gasteiger partial charge in [0.1, 0.15) is 11.2 Å². The number of furan rings is 1. The number of hydrogen-bond acceptors (Lipinski definition) is 4. The first-order valence-electron chi connectivity index (χ1n) is 13.7. The number of benzene rings is 6. The summed E-state index contributed by atoms with van der Waals surface area (Å²) in [7, 11) is 0. The average molecular weight is 560 g/mol. The van der Waals surface area contributed by atoms with Gasteiger partial charge in [0.05, 0.1) is 0 Å². The highest BCUT2D eigenvalue weighted by Gasteiger charge is 2.16. The number of rotatable bonds is 4. The van der Waals surface area contributed by atoms with Crippen molar-refractivity contribution in [3.8, 4) is 45.0 Å². The molecule has 0 aliphatic heterocycles. The Morgan fingerprint density at radius 3 is 1.86 bits per heavy atom. The third-order valence-corrected chi connectivity index (χ3v) is 7.84. The topological polar surface area (TPSA) is 51.8 Å². The Balaban J connectivity index is 1.16. The van der Waals surface area contributed by atoms with Crippen molar-refractivity contribution in [3.63, 3.8) is 0 Å². The van der Waals surface area contributed by atoms with Crippen LogP contribution in [0.15, 0.2) is 138 Å². The first-order chi connectivity index (χ1) is 20.7. The van der Waals surface area contributed by atoms with Crippen LogP contribution in [0.25, 0.3) is 77.7 Å². The maximum absolute atomic E-state index is 6.46. The van der Waals surface area contributed by atoms with E-state index in [1.807, 2.05) is 54.6 Å². The molecule has 8 aromatic rings. The van der Waals surface area contributed by atoms with Crippen molar-refractivity contribution in [1.29, 1.82) is 0 Å². The van der Waals surface area contributed by atoms with E-state index in [1.54, 1.807) is 0 Å². The van der Waals surface area contributed by atoms with Gasteiger partial charge in [0, 0.05) is 21.9 Å². The van der Waals surface area contributed by atoms with E-state index in [9.17, 15) is 0 Å². The van der Waals surface area contributed by atoms with E-state index in [0.717, 1.165) is 43.8 Å². The standard InChI is InChI=1S/C37H22ClN3O/c38-37-40-35(39-36(41-37)31-10-6-12-33-34(31)30-9-4-5-11-32(30)42-33)29-20-19-27-21-26(17-18-28(27)22-29)25-15-13-24(14-16-25)23-7-2-1-3-8-23/h1-22H. The lowest BCUT2D eigenvalue weighted by molar-refractivity contribution is 0.669. The quantitative estimate of drug-likeness (QED) is 0.215. The lowest BCUT2D eigenvalue weighted by Crippen LogP contribution is -1.97. The normalized spacial score (nSPS) is 11.5. The summed E-state index contributed by atoms with van der Waals surface area (Å²) >= 11 is 6.46. The van der Waals surface area contributed by atoms with Crippen LogP contribution < -0.4 is 0 Å². The first kappa shape index (κ1) is 24.5. The Kier molecular flexibility index (Phi) is 5.80. The van der Waals surface area contributed by atoms with Crippen molar-refractivity contribution in [2.45, 2.75) is 0 Å². The van der Waals surface area contributed by atoms with Gasteiger partial charge >= 0.3 is 0 Å². The average Bonchev–Trinajstić information content (AvgIpc) is 3.43. The highest BCUT2D eigenvalue weighted by atomic mass is 35.5. The summed E-state index contributed by atoms with van der Waals surface area (Å²) in [5.74, 6) is 1.04. The molecule has 0 saturated heterocycles. The van der Waals surface area contributed by atoms with Gasteiger partial charge in [-0.1, -0.05) is 109 Å². The Morgan fingerprint density at radius 1 is 0.452 bits per heavy atom. The summed E-state index contributed by atoms with van der Waals surface area (Å²) < 4.78 is 6.07. The number of halogens is 1. The van der Waals surface area contributed by atoms with Gasteiger partial charge in [-0.15, -0.1) is 0 Å². The Morgan fingerprint density at radius 2 is 1.05 bits per heavy atom. The fourth-order valence-electron chi connectivity index (χ4n) is 5.61. The largest absolute Gasteiger partial charge is 0.456 e. The molecule has 0 atom stereocenters. The highest BCUT2D eigenvalue weighted by Crippen LogP contribution is 2.36. The zero-order valence-electron chi connectivity index (χ0n) is 22.3. The van der Waals surface area contributed by atoms with Crippen molar-refractivity contribution < 1.29 is 4.42 Å². The molecular formula is C37H22ClN3O. The second-order valence-corrected chi connectivity index (χ2v) is 10.6. The lowest BCUT2D eigenvalue weighted by atomic mass is 9.97. The van der Waals surface area contributed by atoms with Gasteiger partial charge in [-0.05, 0) is 68.9 Å². The van der Waals surface area contributed by atoms with Crippen LogP contribution in [-0.2, 0) is 0 Å². The SMILES string of the molecule is Clc1nc(-c2ccc3cc(-c4ccc(-c5ccccc5)cc4)ccc3c2)nc(-c2cccc3oc4ccccc4c23)n1. The van der Waals surface area contributed by atoms with E-state index in [-0.39, 0.29) is 5.28 Å². The number of nitrogens with zero attached hydrogens (tertiary/aromatic N) is 3. The van der Waals surface area contributed by atoms with Gasteiger partial charge in [0.15, 0.2) is 11.6 Å². The van der Waals surface area contributed by atoms with Crippen molar-refractivity contribution in [3.05, 3.63) is 139 Å². The summed E-state index contributed by atoms with van der Waals surface area (Å²) in [6.07, 6.45) is 0. The van der Waals surface area contributed by atoms with Crippen LogP contribution in [-0.4, -0.2) is 15.0 Å². The first-order valence-corrected chi connectivity index (χ1v) is 14.1. The molecule has 0 unspecified atom stereocenters. The predicted octanol–water partition coefficient (Wildman–Crippen LogP) is 10.2. The molecule has 0 radical (unpaired) electrons. The second kappa shape index (κ2) is 9.95. The molecule has 0 aliphatic rings. The molecule has 0 aliphatic carbocycles. The van der Waals surface area contributed by atoms with Gasteiger partial charge in [-0.3, -0.25) is 0 Å². The van der Waals surface area contributed by atoms with Crippen LogP contribution >= 0.6 is 11.6 Å². The summed E-state index contributed by atoms with van der Waals surface area (Å²) in [4.78, 5) is 13.9. The van der Waals surface area contributed by atoms with Crippen LogP contribution in [0.2, 0.25) is 5.28 Å². The Bertz CT molecular complexity index is 2260.